The smallest absolute Gasteiger partial charge is 0.262 e. The zero-order valence-electron chi connectivity index (χ0n) is 12.5. The average molecular weight is 304 g/mol. The zero-order chi connectivity index (χ0) is 15.3. The molecule has 116 valence electrons. The van der Waals surface area contributed by atoms with Gasteiger partial charge in [-0.15, -0.1) is 0 Å². The van der Waals surface area contributed by atoms with Gasteiger partial charge in [0.25, 0.3) is 10.0 Å². The first-order valence-corrected chi connectivity index (χ1v) is 8.08. The molecule has 0 atom stereocenters. The molecule has 0 unspecified atom stereocenters. The second kappa shape index (κ2) is 7.16. The lowest BCUT2D eigenvalue weighted by Crippen LogP contribution is -2.37. The van der Waals surface area contributed by atoms with Crippen molar-refractivity contribution in [3.05, 3.63) is 11.3 Å². The summed E-state index contributed by atoms with van der Waals surface area (Å²) in [5.74, 6) is 0. The number of sulfonamides is 1. The molecule has 0 aliphatic carbocycles. The van der Waals surface area contributed by atoms with Crippen LogP contribution in [0, 0.1) is 6.92 Å². The van der Waals surface area contributed by atoms with Crippen LogP contribution in [-0.2, 0) is 16.6 Å². The van der Waals surface area contributed by atoms with E-state index >= 15 is 0 Å². The Morgan fingerprint density at radius 2 is 1.90 bits per heavy atom. The molecule has 0 aromatic carbocycles. The third-order valence-corrected chi connectivity index (χ3v) is 4.92. The Morgan fingerprint density at radius 1 is 1.25 bits per heavy atom. The van der Waals surface area contributed by atoms with Gasteiger partial charge in [-0.3, -0.25) is 5.10 Å². The highest BCUT2D eigenvalue weighted by Crippen LogP contribution is 2.20. The van der Waals surface area contributed by atoms with Crippen LogP contribution in [-0.4, -0.2) is 66.7 Å². The molecule has 0 aliphatic rings. The van der Waals surface area contributed by atoms with E-state index < -0.39 is 10.0 Å². The van der Waals surface area contributed by atoms with Crippen LogP contribution >= 0.6 is 0 Å². The first-order chi connectivity index (χ1) is 9.34. The maximum atomic E-state index is 12.6. The van der Waals surface area contributed by atoms with Crippen LogP contribution in [0.1, 0.15) is 24.6 Å². The minimum absolute atomic E-state index is 0.0651. The number of nitrogens with zero attached hydrogens (tertiary/aromatic N) is 3. The molecule has 0 spiro atoms. The molecule has 0 amide bonds. The largest absolute Gasteiger partial charge is 0.392 e. The van der Waals surface area contributed by atoms with Crippen molar-refractivity contribution < 1.29 is 13.5 Å². The van der Waals surface area contributed by atoms with Gasteiger partial charge in [-0.2, -0.15) is 9.40 Å². The van der Waals surface area contributed by atoms with Gasteiger partial charge in [0.15, 0.2) is 5.03 Å². The Morgan fingerprint density at radius 3 is 2.40 bits per heavy atom. The topological polar surface area (TPSA) is 89.5 Å². The van der Waals surface area contributed by atoms with Crippen LogP contribution in [0.4, 0.5) is 0 Å². The van der Waals surface area contributed by atoms with Crippen molar-refractivity contribution >= 4 is 10.0 Å². The molecular formula is C12H24N4O3S. The fraction of sp³-hybridized carbons (Fsp3) is 0.750. The minimum Gasteiger partial charge on any atom is -0.392 e. The molecule has 0 aliphatic heterocycles. The summed E-state index contributed by atoms with van der Waals surface area (Å²) in [6, 6.07) is 0. The van der Waals surface area contributed by atoms with E-state index in [0.717, 1.165) is 6.42 Å². The summed E-state index contributed by atoms with van der Waals surface area (Å²) in [4.78, 5) is 1.93. The summed E-state index contributed by atoms with van der Waals surface area (Å²) in [5, 5.41) is 15.8. The monoisotopic (exact) mass is 304 g/mol. The fourth-order valence-electron chi connectivity index (χ4n) is 1.86. The summed E-state index contributed by atoms with van der Waals surface area (Å²) in [7, 11) is 0.118. The van der Waals surface area contributed by atoms with Crippen LogP contribution in [0.15, 0.2) is 5.03 Å². The van der Waals surface area contributed by atoms with Crippen LogP contribution in [0.25, 0.3) is 0 Å². The summed E-state index contributed by atoms with van der Waals surface area (Å²) >= 11 is 0. The highest BCUT2D eigenvalue weighted by Gasteiger charge is 2.29. The fourth-order valence-corrected chi connectivity index (χ4v) is 3.54. The summed E-state index contributed by atoms with van der Waals surface area (Å²) in [6.07, 6.45) is 0.727. The third-order valence-electron chi connectivity index (χ3n) is 3.05. The second-order valence-electron chi connectivity index (χ2n) is 5.00. The highest BCUT2D eigenvalue weighted by molar-refractivity contribution is 7.89. The van der Waals surface area contributed by atoms with E-state index in [1.54, 1.807) is 6.92 Å². The highest BCUT2D eigenvalue weighted by atomic mass is 32.2. The molecule has 0 bridgehead atoms. The number of hydrogen-bond donors (Lipinski definition) is 2. The van der Waals surface area contributed by atoms with E-state index in [9.17, 15) is 13.5 Å². The van der Waals surface area contributed by atoms with E-state index in [1.165, 1.54) is 4.31 Å². The quantitative estimate of drug-likeness (QED) is 0.715. The molecule has 1 aromatic heterocycles. The molecule has 0 fully saturated rings. The van der Waals surface area contributed by atoms with E-state index in [4.69, 9.17) is 0 Å². The number of rotatable bonds is 8. The maximum absolute atomic E-state index is 12.6. The molecule has 7 nitrogen and oxygen atoms in total. The molecule has 20 heavy (non-hydrogen) atoms. The van der Waals surface area contributed by atoms with Gasteiger partial charge in [0.2, 0.25) is 0 Å². The Labute approximate surface area is 120 Å². The number of H-pyrrole nitrogens is 1. The second-order valence-corrected chi connectivity index (χ2v) is 6.85. The first-order valence-electron chi connectivity index (χ1n) is 6.64. The Bertz CT molecular complexity index is 525. The normalized spacial score (nSPS) is 12.6. The van der Waals surface area contributed by atoms with Crippen molar-refractivity contribution in [2.45, 2.75) is 31.9 Å². The van der Waals surface area contributed by atoms with E-state index in [2.05, 4.69) is 10.2 Å². The molecule has 1 heterocycles. The van der Waals surface area contributed by atoms with Gasteiger partial charge < -0.3 is 10.0 Å². The van der Waals surface area contributed by atoms with Crippen LogP contribution in [0.2, 0.25) is 0 Å². The van der Waals surface area contributed by atoms with Gasteiger partial charge in [-0.05, 0) is 27.4 Å². The lowest BCUT2D eigenvalue weighted by atomic mass is 10.3. The van der Waals surface area contributed by atoms with Crippen molar-refractivity contribution in [3.63, 3.8) is 0 Å². The molecule has 0 saturated heterocycles. The minimum atomic E-state index is -3.68. The molecule has 2 N–H and O–H groups in total. The van der Waals surface area contributed by atoms with E-state index in [0.29, 0.717) is 30.9 Å². The maximum Gasteiger partial charge on any atom is 0.262 e. The van der Waals surface area contributed by atoms with Gasteiger partial charge in [0.1, 0.15) is 0 Å². The third kappa shape index (κ3) is 3.78. The summed E-state index contributed by atoms with van der Waals surface area (Å²) < 4.78 is 26.7. The standard InChI is InChI=1S/C12H24N4O3S/c1-5-6-16(8-7-15(3)4)20(18,19)12-11(9-17)10(2)13-14-12/h17H,5-9H2,1-4H3,(H,13,14). The predicted octanol–water partition coefficient (Wildman–Crippen LogP) is 0.173. The SMILES string of the molecule is CCCN(CCN(C)C)S(=O)(=O)c1n[nH]c(C)c1CO. The van der Waals surface area contributed by atoms with Crippen LogP contribution in [0.5, 0.6) is 0 Å². The number of nitrogens with one attached hydrogen (secondary N) is 1. The molecule has 8 heteroatoms. The number of aromatic nitrogens is 2. The Balaban J connectivity index is 3.08. The molecule has 1 aromatic rings. The number of aliphatic hydroxyl groups is 1. The Kier molecular flexibility index (Phi) is 6.12. The van der Waals surface area contributed by atoms with Crippen molar-refractivity contribution in [1.29, 1.82) is 0 Å². The number of aliphatic hydroxyl groups excluding tert-OH is 1. The van der Waals surface area contributed by atoms with Gasteiger partial charge in [-0.25, -0.2) is 8.42 Å². The molecule has 1 rings (SSSR count). The van der Waals surface area contributed by atoms with Crippen LogP contribution in [0.3, 0.4) is 0 Å². The summed E-state index contributed by atoms with van der Waals surface area (Å²) in [6.45, 7) is 4.76. The van der Waals surface area contributed by atoms with Gasteiger partial charge in [0, 0.05) is 30.9 Å². The summed E-state index contributed by atoms with van der Waals surface area (Å²) in [5.41, 5.74) is 0.922. The number of aromatic amines is 1. The zero-order valence-corrected chi connectivity index (χ0v) is 13.4. The number of aryl methyl sites for hydroxylation is 1. The van der Waals surface area contributed by atoms with E-state index in [-0.39, 0.29) is 11.6 Å². The number of hydrogen-bond acceptors (Lipinski definition) is 5. The molecular weight excluding hydrogens is 280 g/mol. The van der Waals surface area contributed by atoms with Gasteiger partial charge in [-0.1, -0.05) is 6.92 Å². The first kappa shape index (κ1) is 17.1. The van der Waals surface area contributed by atoms with Crippen molar-refractivity contribution in [3.8, 4) is 0 Å². The van der Waals surface area contributed by atoms with E-state index in [1.807, 2.05) is 25.9 Å². The lowest BCUT2D eigenvalue weighted by molar-refractivity contribution is 0.276. The average Bonchev–Trinajstić information content (AvgIpc) is 2.75. The molecule has 0 radical (unpaired) electrons. The predicted molar refractivity (Wildman–Crippen MR) is 76.9 cm³/mol. The molecule has 0 saturated carbocycles. The van der Waals surface area contributed by atoms with Crippen LogP contribution < -0.4 is 0 Å². The van der Waals surface area contributed by atoms with Gasteiger partial charge in [0.05, 0.1) is 6.61 Å². The Hall–Kier alpha value is -0.960. The lowest BCUT2D eigenvalue weighted by Gasteiger charge is -2.22. The number of likely N-dealkylation sites (N-methyl/N-ethyl adjacent to an activating group) is 1. The van der Waals surface area contributed by atoms with Crippen molar-refractivity contribution in [2.24, 2.45) is 0 Å². The van der Waals surface area contributed by atoms with Crippen molar-refractivity contribution in [2.75, 3.05) is 33.7 Å². The van der Waals surface area contributed by atoms with Crippen molar-refractivity contribution in [1.82, 2.24) is 19.4 Å². The van der Waals surface area contributed by atoms with Gasteiger partial charge >= 0.3 is 0 Å².